The first-order chi connectivity index (χ1) is 14.9. The molecule has 4 rings (SSSR count). The Labute approximate surface area is 181 Å². The van der Waals surface area contributed by atoms with Crippen LogP contribution in [0.1, 0.15) is 38.3 Å². The van der Waals surface area contributed by atoms with E-state index in [9.17, 15) is 9.59 Å². The van der Waals surface area contributed by atoms with Gasteiger partial charge in [-0.15, -0.1) is 0 Å². The monoisotopic (exact) mass is 412 g/mol. The zero-order valence-electron chi connectivity index (χ0n) is 18.1. The van der Waals surface area contributed by atoms with Crippen LogP contribution in [-0.4, -0.2) is 22.4 Å². The molecule has 0 bridgehead atoms. The van der Waals surface area contributed by atoms with Gasteiger partial charge in [0, 0.05) is 24.0 Å². The maximum absolute atomic E-state index is 13.3. The third kappa shape index (κ3) is 3.99. The number of ketones is 1. The van der Waals surface area contributed by atoms with Crippen LogP contribution in [0, 0.1) is 20.8 Å². The number of hydrogen-bond acceptors (Lipinski definition) is 4. The van der Waals surface area contributed by atoms with Crippen molar-refractivity contribution >= 4 is 16.8 Å². The van der Waals surface area contributed by atoms with E-state index in [1.54, 1.807) is 31.5 Å². The Morgan fingerprint density at radius 1 is 0.968 bits per heavy atom. The van der Waals surface area contributed by atoms with Crippen molar-refractivity contribution in [2.24, 2.45) is 0 Å². The summed E-state index contributed by atoms with van der Waals surface area (Å²) in [4.78, 5) is 31.2. The van der Waals surface area contributed by atoms with Crippen LogP contribution >= 0.6 is 0 Å². The van der Waals surface area contributed by atoms with Gasteiger partial charge in [-0.2, -0.15) is 0 Å². The SMILES string of the molecule is COc1ccc(Cn2cc(C(=O)c3ccc(C)cc3C)c(=O)c3ccc(C)nc32)cc1. The van der Waals surface area contributed by atoms with Crippen LogP contribution in [-0.2, 0) is 6.54 Å². The zero-order valence-corrected chi connectivity index (χ0v) is 18.1. The smallest absolute Gasteiger partial charge is 0.202 e. The highest BCUT2D eigenvalue weighted by Gasteiger charge is 2.19. The Bertz CT molecular complexity index is 1350. The van der Waals surface area contributed by atoms with Gasteiger partial charge >= 0.3 is 0 Å². The summed E-state index contributed by atoms with van der Waals surface area (Å²) in [5.74, 6) is 0.502. The normalized spacial score (nSPS) is 11.0. The number of carbonyl (C=O) groups is 1. The van der Waals surface area contributed by atoms with Crippen molar-refractivity contribution in [3.8, 4) is 5.75 Å². The number of benzene rings is 2. The van der Waals surface area contributed by atoms with Gasteiger partial charge in [0.25, 0.3) is 0 Å². The van der Waals surface area contributed by atoms with Crippen LogP contribution in [0.4, 0.5) is 0 Å². The van der Waals surface area contributed by atoms with Crippen LogP contribution < -0.4 is 10.2 Å². The van der Waals surface area contributed by atoms with Gasteiger partial charge in [0.1, 0.15) is 11.4 Å². The number of carbonyl (C=O) groups excluding carboxylic acids is 1. The molecular formula is C26H24N2O3. The van der Waals surface area contributed by atoms with Gasteiger partial charge in [-0.25, -0.2) is 4.98 Å². The molecule has 5 nitrogen and oxygen atoms in total. The van der Waals surface area contributed by atoms with Crippen molar-refractivity contribution in [3.05, 3.63) is 105 Å². The largest absolute Gasteiger partial charge is 0.497 e. The first-order valence-electron chi connectivity index (χ1n) is 10.1. The molecule has 0 fully saturated rings. The number of aryl methyl sites for hydroxylation is 3. The topological polar surface area (TPSA) is 61.2 Å². The van der Waals surface area contributed by atoms with E-state index >= 15 is 0 Å². The molecule has 0 aliphatic heterocycles. The molecule has 0 saturated heterocycles. The van der Waals surface area contributed by atoms with Crippen LogP contribution in [0.15, 0.2) is 65.6 Å². The molecule has 0 saturated carbocycles. The van der Waals surface area contributed by atoms with E-state index in [4.69, 9.17) is 4.74 Å². The Kier molecular flexibility index (Phi) is 5.42. The summed E-state index contributed by atoms with van der Waals surface area (Å²) in [7, 11) is 1.63. The number of pyridine rings is 2. The summed E-state index contributed by atoms with van der Waals surface area (Å²) in [6.07, 6.45) is 1.64. The van der Waals surface area contributed by atoms with Crippen LogP contribution in [0.3, 0.4) is 0 Å². The number of fused-ring (bicyclic) bond motifs is 1. The molecule has 0 unspecified atom stereocenters. The van der Waals surface area contributed by atoms with Gasteiger partial charge in [0.15, 0.2) is 5.78 Å². The predicted octanol–water partition coefficient (Wildman–Crippen LogP) is 4.61. The molecule has 0 radical (unpaired) electrons. The molecule has 0 aliphatic rings. The van der Waals surface area contributed by atoms with Crippen molar-refractivity contribution in [1.29, 1.82) is 0 Å². The fourth-order valence-corrected chi connectivity index (χ4v) is 3.78. The molecule has 31 heavy (non-hydrogen) atoms. The quantitative estimate of drug-likeness (QED) is 0.449. The number of hydrogen-bond donors (Lipinski definition) is 0. The summed E-state index contributed by atoms with van der Waals surface area (Å²) >= 11 is 0. The summed E-state index contributed by atoms with van der Waals surface area (Å²) < 4.78 is 7.11. The van der Waals surface area contributed by atoms with Crippen molar-refractivity contribution in [1.82, 2.24) is 9.55 Å². The molecule has 0 amide bonds. The third-order valence-corrected chi connectivity index (χ3v) is 5.44. The highest BCUT2D eigenvalue weighted by molar-refractivity contribution is 6.10. The van der Waals surface area contributed by atoms with Gasteiger partial charge in [-0.05, 0) is 56.2 Å². The van der Waals surface area contributed by atoms with Crippen LogP contribution in [0.25, 0.3) is 11.0 Å². The fourth-order valence-electron chi connectivity index (χ4n) is 3.78. The Balaban J connectivity index is 1.88. The molecule has 0 N–H and O–H groups in total. The fraction of sp³-hybridized carbons (Fsp3) is 0.192. The van der Waals surface area contributed by atoms with Gasteiger partial charge in [0.05, 0.1) is 18.1 Å². The zero-order chi connectivity index (χ0) is 22.1. The lowest BCUT2D eigenvalue weighted by molar-refractivity contribution is 0.103. The minimum Gasteiger partial charge on any atom is -0.497 e. The Morgan fingerprint density at radius 2 is 1.71 bits per heavy atom. The minimum atomic E-state index is -0.293. The lowest BCUT2D eigenvalue weighted by Gasteiger charge is -2.14. The van der Waals surface area contributed by atoms with E-state index in [1.807, 2.05) is 61.7 Å². The van der Waals surface area contributed by atoms with Crippen LogP contribution in [0.2, 0.25) is 0 Å². The van der Waals surface area contributed by atoms with Crippen LogP contribution in [0.5, 0.6) is 5.75 Å². The maximum Gasteiger partial charge on any atom is 0.202 e. The summed E-state index contributed by atoms with van der Waals surface area (Å²) in [5.41, 5.74) is 4.72. The van der Waals surface area contributed by atoms with Crippen molar-refractivity contribution < 1.29 is 9.53 Å². The molecule has 156 valence electrons. The van der Waals surface area contributed by atoms with Gasteiger partial charge in [-0.1, -0.05) is 35.9 Å². The number of rotatable bonds is 5. The van der Waals surface area contributed by atoms with E-state index in [1.165, 1.54) is 0 Å². The molecule has 5 heteroatoms. The van der Waals surface area contributed by atoms with Gasteiger partial charge in [0.2, 0.25) is 5.43 Å². The van der Waals surface area contributed by atoms with E-state index in [2.05, 4.69) is 4.98 Å². The summed E-state index contributed by atoms with van der Waals surface area (Å²) in [6.45, 7) is 6.23. The van der Waals surface area contributed by atoms with Crippen molar-refractivity contribution in [2.75, 3.05) is 7.11 Å². The van der Waals surface area contributed by atoms with E-state index in [0.29, 0.717) is 23.1 Å². The summed E-state index contributed by atoms with van der Waals surface area (Å²) in [6, 6.07) is 16.9. The van der Waals surface area contributed by atoms with E-state index in [0.717, 1.165) is 28.1 Å². The van der Waals surface area contributed by atoms with Crippen molar-refractivity contribution in [3.63, 3.8) is 0 Å². The molecule has 0 spiro atoms. The predicted molar refractivity (Wildman–Crippen MR) is 122 cm³/mol. The third-order valence-electron chi connectivity index (χ3n) is 5.44. The molecule has 4 aromatic rings. The molecule has 2 aromatic carbocycles. The van der Waals surface area contributed by atoms with E-state index in [-0.39, 0.29) is 16.8 Å². The lowest BCUT2D eigenvalue weighted by atomic mass is 9.97. The average molecular weight is 412 g/mol. The summed E-state index contributed by atoms with van der Waals surface area (Å²) in [5, 5.41) is 0.440. The second kappa shape index (κ2) is 8.19. The number of aromatic nitrogens is 2. The van der Waals surface area contributed by atoms with Crippen molar-refractivity contribution in [2.45, 2.75) is 27.3 Å². The van der Waals surface area contributed by atoms with E-state index < -0.39 is 0 Å². The molecule has 0 aliphatic carbocycles. The Hall–Kier alpha value is -3.73. The van der Waals surface area contributed by atoms with Gasteiger partial charge < -0.3 is 9.30 Å². The number of methoxy groups -OCH3 is 1. The first-order valence-corrected chi connectivity index (χ1v) is 10.1. The molecule has 0 atom stereocenters. The van der Waals surface area contributed by atoms with Gasteiger partial charge in [-0.3, -0.25) is 9.59 Å². The first kappa shape index (κ1) is 20.5. The highest BCUT2D eigenvalue weighted by atomic mass is 16.5. The number of ether oxygens (including phenoxy) is 1. The second-order valence-electron chi connectivity index (χ2n) is 7.82. The molecule has 2 heterocycles. The highest BCUT2D eigenvalue weighted by Crippen LogP contribution is 2.19. The number of nitrogens with zero attached hydrogens (tertiary/aromatic N) is 2. The standard InChI is InChI=1S/C26H24N2O3/c1-16-5-11-21(17(2)13-16)24(29)23-15-28(14-19-7-9-20(31-4)10-8-19)26-22(25(23)30)12-6-18(3)27-26/h5-13,15H,14H2,1-4H3. The second-order valence-corrected chi connectivity index (χ2v) is 7.82. The minimum absolute atomic E-state index is 0.151. The molecule has 2 aromatic heterocycles. The average Bonchev–Trinajstić information content (AvgIpc) is 2.75. The molecular weight excluding hydrogens is 388 g/mol. The maximum atomic E-state index is 13.3. The Morgan fingerprint density at radius 3 is 2.39 bits per heavy atom. The lowest BCUT2D eigenvalue weighted by Crippen LogP contribution is -2.21.